The average Bonchev–Trinajstić information content (AvgIpc) is 2.65. The molecular weight excluding hydrogens is 384 g/mol. The van der Waals surface area contributed by atoms with Gasteiger partial charge in [-0.25, -0.2) is 0 Å². The number of unbranched alkanes of at least 4 members (excludes halogenated alkanes) is 2. The third-order valence-corrected chi connectivity index (χ3v) is 4.23. The summed E-state index contributed by atoms with van der Waals surface area (Å²) in [5.74, 6) is -1.50. The van der Waals surface area contributed by atoms with Gasteiger partial charge in [-0.05, 0) is 31.6 Å². The molecule has 176 valence electrons. The molecule has 0 radical (unpaired) electrons. The summed E-state index contributed by atoms with van der Waals surface area (Å²) in [7, 11) is 0. The molecule has 0 fully saturated rings. The fourth-order valence-corrected chi connectivity index (χ4v) is 2.91. The molecule has 0 spiro atoms. The molecule has 6 nitrogen and oxygen atoms in total. The lowest BCUT2D eigenvalue weighted by atomic mass is 9.87. The molecule has 0 aromatic heterocycles. The van der Waals surface area contributed by atoms with Gasteiger partial charge in [0.25, 0.3) is 0 Å². The predicted molar refractivity (Wildman–Crippen MR) is 119 cm³/mol. The minimum absolute atomic E-state index is 0.0357. The van der Waals surface area contributed by atoms with Crippen LogP contribution in [0, 0.1) is 11.3 Å². The Kier molecular flexibility index (Phi) is 16.5. The standard InChI is InChI=1S/C24H44O6/c1-7-9-11-27-13-15-29-22(25)18-21(17-20(3)19-24(4,5)6)23(26)30-16-14-28-12-10-8-2/h17,21H,7-16,18-19H2,1-6H3/b20-17-/t21-/m1/s1. The lowest BCUT2D eigenvalue weighted by Gasteiger charge is -2.20. The van der Waals surface area contributed by atoms with Crippen LogP contribution in [0.4, 0.5) is 0 Å². The fourth-order valence-electron chi connectivity index (χ4n) is 2.91. The normalized spacial score (nSPS) is 13.2. The molecule has 0 unspecified atom stereocenters. The van der Waals surface area contributed by atoms with E-state index in [1.54, 1.807) is 0 Å². The molecule has 6 heteroatoms. The minimum atomic E-state index is -0.656. The largest absolute Gasteiger partial charge is 0.463 e. The van der Waals surface area contributed by atoms with Crippen molar-refractivity contribution in [3.8, 4) is 0 Å². The Labute approximate surface area is 183 Å². The third-order valence-electron chi connectivity index (χ3n) is 4.23. The Hall–Kier alpha value is -1.40. The molecule has 0 heterocycles. The van der Waals surface area contributed by atoms with Gasteiger partial charge in [-0.3, -0.25) is 9.59 Å². The molecule has 0 aliphatic rings. The lowest BCUT2D eigenvalue weighted by Crippen LogP contribution is -2.23. The van der Waals surface area contributed by atoms with E-state index in [0.29, 0.717) is 26.4 Å². The van der Waals surface area contributed by atoms with Crippen molar-refractivity contribution in [1.82, 2.24) is 0 Å². The van der Waals surface area contributed by atoms with Crippen LogP contribution in [0.25, 0.3) is 0 Å². The molecule has 0 N–H and O–H groups in total. The quantitative estimate of drug-likeness (QED) is 0.182. The maximum atomic E-state index is 12.6. The van der Waals surface area contributed by atoms with Crippen molar-refractivity contribution >= 4 is 11.9 Å². The van der Waals surface area contributed by atoms with Gasteiger partial charge in [0.05, 0.1) is 25.6 Å². The SMILES string of the molecule is CCCCOCCOC(=O)C[C@@H](/C=C(/C)CC(C)(C)C)C(=O)OCCOCCCC. The number of ether oxygens (including phenoxy) is 4. The van der Waals surface area contributed by atoms with Gasteiger partial charge in [-0.15, -0.1) is 0 Å². The first-order chi connectivity index (χ1) is 14.2. The van der Waals surface area contributed by atoms with E-state index in [1.807, 2.05) is 13.0 Å². The Bertz CT molecular complexity index is 492. The third kappa shape index (κ3) is 17.5. The van der Waals surface area contributed by atoms with Crippen LogP contribution in [0.3, 0.4) is 0 Å². The summed E-state index contributed by atoms with van der Waals surface area (Å²) in [6.07, 6.45) is 6.73. The van der Waals surface area contributed by atoms with Gasteiger partial charge in [-0.1, -0.05) is 59.1 Å². The molecule has 0 aliphatic carbocycles. The first-order valence-electron chi connectivity index (χ1n) is 11.3. The van der Waals surface area contributed by atoms with Crippen LogP contribution < -0.4 is 0 Å². The van der Waals surface area contributed by atoms with Crippen molar-refractivity contribution in [2.75, 3.05) is 39.6 Å². The van der Waals surface area contributed by atoms with Crippen molar-refractivity contribution in [1.29, 1.82) is 0 Å². The van der Waals surface area contributed by atoms with E-state index < -0.39 is 17.9 Å². The zero-order valence-corrected chi connectivity index (χ0v) is 20.1. The van der Waals surface area contributed by atoms with Crippen LogP contribution in [0.2, 0.25) is 0 Å². The van der Waals surface area contributed by atoms with Crippen LogP contribution in [0.1, 0.15) is 80.1 Å². The molecule has 1 atom stereocenters. The van der Waals surface area contributed by atoms with Gasteiger partial charge in [0.15, 0.2) is 0 Å². The summed E-state index contributed by atoms with van der Waals surface area (Å²) in [4.78, 5) is 24.8. The molecule has 0 rings (SSSR count). The predicted octanol–water partition coefficient (Wildman–Crippen LogP) is 5.10. The second-order valence-corrected chi connectivity index (χ2v) is 8.88. The Morgan fingerprint density at radius 2 is 1.37 bits per heavy atom. The average molecular weight is 429 g/mol. The van der Waals surface area contributed by atoms with Gasteiger partial charge in [0, 0.05) is 13.2 Å². The van der Waals surface area contributed by atoms with Crippen molar-refractivity contribution in [2.45, 2.75) is 80.1 Å². The van der Waals surface area contributed by atoms with Crippen LogP contribution in [-0.4, -0.2) is 51.6 Å². The second kappa shape index (κ2) is 17.3. The number of hydrogen-bond donors (Lipinski definition) is 0. The summed E-state index contributed by atoms with van der Waals surface area (Å²) in [5.41, 5.74) is 1.15. The van der Waals surface area contributed by atoms with Crippen LogP contribution in [0.5, 0.6) is 0 Å². The van der Waals surface area contributed by atoms with E-state index in [-0.39, 0.29) is 25.0 Å². The van der Waals surface area contributed by atoms with Crippen molar-refractivity contribution in [3.05, 3.63) is 11.6 Å². The second-order valence-electron chi connectivity index (χ2n) is 8.88. The zero-order valence-electron chi connectivity index (χ0n) is 20.1. The molecule has 0 aromatic carbocycles. The zero-order chi connectivity index (χ0) is 22.8. The molecule has 0 amide bonds. The summed E-state index contributed by atoms with van der Waals surface area (Å²) in [6, 6.07) is 0. The monoisotopic (exact) mass is 428 g/mol. The smallest absolute Gasteiger partial charge is 0.313 e. The van der Waals surface area contributed by atoms with Gasteiger partial charge in [0.2, 0.25) is 0 Å². The van der Waals surface area contributed by atoms with E-state index in [2.05, 4.69) is 34.6 Å². The molecular formula is C24H44O6. The summed E-state index contributed by atoms with van der Waals surface area (Å²) in [6.45, 7) is 15.0. The summed E-state index contributed by atoms with van der Waals surface area (Å²) >= 11 is 0. The first-order valence-corrected chi connectivity index (χ1v) is 11.3. The summed E-state index contributed by atoms with van der Waals surface area (Å²) in [5, 5.41) is 0. The van der Waals surface area contributed by atoms with Crippen molar-refractivity contribution in [2.24, 2.45) is 11.3 Å². The topological polar surface area (TPSA) is 71.1 Å². The number of carbonyl (C=O) groups excluding carboxylic acids is 2. The fraction of sp³-hybridized carbons (Fsp3) is 0.833. The van der Waals surface area contributed by atoms with Gasteiger partial charge >= 0.3 is 11.9 Å². The Morgan fingerprint density at radius 3 is 1.87 bits per heavy atom. The van der Waals surface area contributed by atoms with Gasteiger partial charge in [-0.2, -0.15) is 0 Å². The van der Waals surface area contributed by atoms with Gasteiger partial charge in [0.1, 0.15) is 13.2 Å². The van der Waals surface area contributed by atoms with E-state index in [1.165, 1.54) is 0 Å². The highest BCUT2D eigenvalue weighted by atomic mass is 16.6. The van der Waals surface area contributed by atoms with E-state index in [4.69, 9.17) is 18.9 Å². The highest BCUT2D eigenvalue weighted by molar-refractivity contribution is 5.81. The molecule has 0 aromatic rings. The first kappa shape index (κ1) is 28.6. The maximum absolute atomic E-state index is 12.6. The number of rotatable bonds is 17. The molecule has 0 bridgehead atoms. The van der Waals surface area contributed by atoms with Crippen LogP contribution in [-0.2, 0) is 28.5 Å². The van der Waals surface area contributed by atoms with Gasteiger partial charge < -0.3 is 18.9 Å². The van der Waals surface area contributed by atoms with E-state index in [9.17, 15) is 9.59 Å². The maximum Gasteiger partial charge on any atom is 0.313 e. The van der Waals surface area contributed by atoms with E-state index >= 15 is 0 Å². The molecule has 0 aliphatic heterocycles. The Morgan fingerprint density at radius 1 is 0.833 bits per heavy atom. The minimum Gasteiger partial charge on any atom is -0.463 e. The molecule has 0 saturated heterocycles. The Balaban J connectivity index is 4.65. The lowest BCUT2D eigenvalue weighted by molar-refractivity contribution is -0.155. The number of allylic oxidation sites excluding steroid dienone is 1. The van der Waals surface area contributed by atoms with Crippen LogP contribution >= 0.6 is 0 Å². The highest BCUT2D eigenvalue weighted by Gasteiger charge is 2.23. The summed E-state index contributed by atoms with van der Waals surface area (Å²) < 4.78 is 21.4. The van der Waals surface area contributed by atoms with Crippen molar-refractivity contribution < 1.29 is 28.5 Å². The number of esters is 2. The molecule has 0 saturated carbocycles. The van der Waals surface area contributed by atoms with Crippen molar-refractivity contribution in [3.63, 3.8) is 0 Å². The highest BCUT2D eigenvalue weighted by Crippen LogP contribution is 2.25. The molecule has 30 heavy (non-hydrogen) atoms. The number of hydrogen-bond acceptors (Lipinski definition) is 6. The van der Waals surface area contributed by atoms with Crippen LogP contribution in [0.15, 0.2) is 11.6 Å². The van der Waals surface area contributed by atoms with E-state index in [0.717, 1.165) is 37.7 Å². The number of carbonyl (C=O) groups is 2.